The quantitative estimate of drug-likeness (QED) is 0.388. The highest BCUT2D eigenvalue weighted by atomic mass is 16.6. The van der Waals surface area contributed by atoms with Crippen molar-refractivity contribution < 1.29 is 38.7 Å². The summed E-state index contributed by atoms with van der Waals surface area (Å²) in [5, 5.41) is 19.9. The number of aliphatic hydroxyl groups excluding tert-OH is 2. The van der Waals surface area contributed by atoms with E-state index in [4.69, 9.17) is 18.9 Å². The van der Waals surface area contributed by atoms with Gasteiger partial charge in [-0.2, -0.15) is 0 Å². The van der Waals surface area contributed by atoms with Gasteiger partial charge >= 0.3 is 11.9 Å². The van der Waals surface area contributed by atoms with Crippen LogP contribution in [0.25, 0.3) is 0 Å². The third kappa shape index (κ3) is 9.11. The molecular formula is C22H30O8. The standard InChI is InChI=1S/C22H30O8/c1-6-20(25)29-13-16(23)11-27-18-9-8-15(22(3,4)5)10-19(18)28-12-17(24)14-30-21(26)7-2/h6-10,16-17,23-24H,1-2,11-14H2,3-5H3. The molecule has 0 aromatic heterocycles. The van der Waals surface area contributed by atoms with Gasteiger partial charge in [0, 0.05) is 12.2 Å². The van der Waals surface area contributed by atoms with Crippen LogP contribution in [0.15, 0.2) is 43.5 Å². The average Bonchev–Trinajstić information content (AvgIpc) is 2.71. The zero-order chi connectivity index (χ0) is 22.7. The van der Waals surface area contributed by atoms with Crippen LogP contribution in [0.3, 0.4) is 0 Å². The van der Waals surface area contributed by atoms with Crippen molar-refractivity contribution in [1.82, 2.24) is 0 Å². The summed E-state index contributed by atoms with van der Waals surface area (Å²) >= 11 is 0. The van der Waals surface area contributed by atoms with Gasteiger partial charge in [-0.15, -0.1) is 0 Å². The Kier molecular flexibility index (Phi) is 10.1. The van der Waals surface area contributed by atoms with Gasteiger partial charge in [0.15, 0.2) is 11.5 Å². The molecule has 0 radical (unpaired) electrons. The summed E-state index contributed by atoms with van der Waals surface area (Å²) in [6.45, 7) is 11.9. The highest BCUT2D eigenvalue weighted by Gasteiger charge is 2.19. The highest BCUT2D eigenvalue weighted by molar-refractivity contribution is 5.81. The van der Waals surface area contributed by atoms with Crippen molar-refractivity contribution in [2.45, 2.75) is 38.4 Å². The number of rotatable bonds is 12. The van der Waals surface area contributed by atoms with Crippen LogP contribution in [0, 0.1) is 0 Å². The van der Waals surface area contributed by atoms with E-state index in [1.165, 1.54) is 0 Å². The molecule has 8 heteroatoms. The van der Waals surface area contributed by atoms with Crippen molar-refractivity contribution >= 4 is 11.9 Å². The van der Waals surface area contributed by atoms with Crippen molar-refractivity contribution in [2.75, 3.05) is 26.4 Å². The number of esters is 2. The van der Waals surface area contributed by atoms with Crippen molar-refractivity contribution in [2.24, 2.45) is 0 Å². The highest BCUT2D eigenvalue weighted by Crippen LogP contribution is 2.33. The van der Waals surface area contributed by atoms with Gasteiger partial charge in [0.05, 0.1) is 0 Å². The van der Waals surface area contributed by atoms with E-state index in [9.17, 15) is 19.8 Å². The molecular weight excluding hydrogens is 392 g/mol. The smallest absolute Gasteiger partial charge is 0.330 e. The molecule has 2 unspecified atom stereocenters. The number of benzene rings is 1. The number of carbonyl (C=O) groups is 2. The minimum absolute atomic E-state index is 0.144. The molecule has 1 rings (SSSR count). The third-order valence-corrected chi connectivity index (χ3v) is 3.84. The minimum atomic E-state index is -1.05. The second-order valence-electron chi connectivity index (χ2n) is 7.51. The Morgan fingerprint density at radius 3 is 1.80 bits per heavy atom. The van der Waals surface area contributed by atoms with Crippen molar-refractivity contribution in [3.63, 3.8) is 0 Å². The van der Waals surface area contributed by atoms with Gasteiger partial charge in [0.2, 0.25) is 0 Å². The van der Waals surface area contributed by atoms with E-state index in [0.29, 0.717) is 11.5 Å². The SMILES string of the molecule is C=CC(=O)OCC(O)COc1ccc(C(C)(C)C)cc1OCC(O)COC(=O)C=C. The fourth-order valence-electron chi connectivity index (χ4n) is 2.15. The van der Waals surface area contributed by atoms with E-state index in [1.807, 2.05) is 26.8 Å². The van der Waals surface area contributed by atoms with E-state index in [2.05, 4.69) is 13.2 Å². The Labute approximate surface area is 176 Å². The molecule has 1 aromatic carbocycles. The number of carbonyl (C=O) groups excluding carboxylic acids is 2. The van der Waals surface area contributed by atoms with Crippen LogP contribution in [-0.2, 0) is 24.5 Å². The molecule has 0 heterocycles. The van der Waals surface area contributed by atoms with E-state index in [1.54, 1.807) is 12.1 Å². The second kappa shape index (κ2) is 12.0. The fourth-order valence-corrected chi connectivity index (χ4v) is 2.15. The largest absolute Gasteiger partial charge is 0.487 e. The summed E-state index contributed by atoms with van der Waals surface area (Å²) in [6, 6.07) is 5.35. The van der Waals surface area contributed by atoms with Crippen LogP contribution < -0.4 is 9.47 Å². The van der Waals surface area contributed by atoms with E-state index in [0.717, 1.165) is 17.7 Å². The molecule has 0 bridgehead atoms. The first-order valence-electron chi connectivity index (χ1n) is 9.41. The van der Waals surface area contributed by atoms with Gasteiger partial charge in [-0.25, -0.2) is 9.59 Å². The first-order chi connectivity index (χ1) is 14.1. The second-order valence-corrected chi connectivity index (χ2v) is 7.51. The lowest BCUT2D eigenvalue weighted by molar-refractivity contribution is -0.142. The predicted octanol–water partition coefficient (Wildman–Crippen LogP) is 1.92. The van der Waals surface area contributed by atoms with Crippen LogP contribution in [0.5, 0.6) is 11.5 Å². The molecule has 0 saturated carbocycles. The summed E-state index contributed by atoms with van der Waals surface area (Å²) < 4.78 is 20.8. The molecule has 8 nitrogen and oxygen atoms in total. The third-order valence-electron chi connectivity index (χ3n) is 3.84. The molecule has 0 saturated heterocycles. The molecule has 0 aliphatic heterocycles. The van der Waals surface area contributed by atoms with Gasteiger partial charge in [-0.1, -0.05) is 40.0 Å². The van der Waals surface area contributed by atoms with Gasteiger partial charge in [0.25, 0.3) is 0 Å². The Morgan fingerprint density at radius 2 is 1.37 bits per heavy atom. The molecule has 1 aromatic rings. The summed E-state index contributed by atoms with van der Waals surface area (Å²) in [4.78, 5) is 22.2. The van der Waals surface area contributed by atoms with Crippen molar-refractivity contribution in [3.8, 4) is 11.5 Å². The van der Waals surface area contributed by atoms with Crippen molar-refractivity contribution in [1.29, 1.82) is 0 Å². The molecule has 2 N–H and O–H groups in total. The van der Waals surface area contributed by atoms with Gasteiger partial charge in [0.1, 0.15) is 38.6 Å². The summed E-state index contributed by atoms with van der Waals surface area (Å²) in [7, 11) is 0. The number of hydrogen-bond acceptors (Lipinski definition) is 8. The van der Waals surface area contributed by atoms with Crippen molar-refractivity contribution in [3.05, 3.63) is 49.1 Å². The average molecular weight is 422 g/mol. The van der Waals surface area contributed by atoms with E-state index < -0.39 is 24.1 Å². The van der Waals surface area contributed by atoms with Crippen LogP contribution in [0.1, 0.15) is 26.3 Å². The topological polar surface area (TPSA) is 112 Å². The lowest BCUT2D eigenvalue weighted by atomic mass is 9.87. The molecule has 0 aliphatic carbocycles. The lowest BCUT2D eigenvalue weighted by Gasteiger charge is -2.22. The van der Waals surface area contributed by atoms with Gasteiger partial charge in [-0.3, -0.25) is 0 Å². The maximum Gasteiger partial charge on any atom is 0.330 e. The number of ether oxygens (including phenoxy) is 4. The van der Waals surface area contributed by atoms with Gasteiger partial charge < -0.3 is 29.2 Å². The maximum atomic E-state index is 11.1. The predicted molar refractivity (Wildman–Crippen MR) is 110 cm³/mol. The fraction of sp³-hybridized carbons (Fsp3) is 0.455. The zero-order valence-electron chi connectivity index (χ0n) is 17.6. The summed E-state index contributed by atoms with van der Waals surface area (Å²) in [5.74, 6) is -0.586. The first-order valence-corrected chi connectivity index (χ1v) is 9.41. The van der Waals surface area contributed by atoms with Crippen LogP contribution in [0.2, 0.25) is 0 Å². The molecule has 166 valence electrons. The molecule has 2 atom stereocenters. The Balaban J connectivity index is 2.80. The van der Waals surface area contributed by atoms with E-state index in [-0.39, 0.29) is 31.8 Å². The number of hydrogen-bond donors (Lipinski definition) is 2. The summed E-state index contributed by atoms with van der Waals surface area (Å²) in [6.07, 6.45) is -0.0938. The van der Waals surface area contributed by atoms with Crippen LogP contribution in [0.4, 0.5) is 0 Å². The normalized spacial score (nSPS) is 13.0. The minimum Gasteiger partial charge on any atom is -0.487 e. The van der Waals surface area contributed by atoms with Crippen LogP contribution in [-0.4, -0.2) is 60.8 Å². The molecule has 30 heavy (non-hydrogen) atoms. The lowest BCUT2D eigenvalue weighted by Crippen LogP contribution is -2.26. The maximum absolute atomic E-state index is 11.1. The van der Waals surface area contributed by atoms with E-state index >= 15 is 0 Å². The Morgan fingerprint density at radius 1 is 0.900 bits per heavy atom. The Bertz CT molecular complexity index is 735. The monoisotopic (exact) mass is 422 g/mol. The summed E-state index contributed by atoms with van der Waals surface area (Å²) in [5.41, 5.74) is 0.811. The number of aliphatic hydroxyl groups is 2. The first kappa shape index (κ1) is 25.2. The zero-order valence-corrected chi connectivity index (χ0v) is 17.6. The van der Waals surface area contributed by atoms with Crippen LogP contribution >= 0.6 is 0 Å². The molecule has 0 aliphatic rings. The Hall–Kier alpha value is -2.84. The molecule has 0 amide bonds. The van der Waals surface area contributed by atoms with Gasteiger partial charge in [-0.05, 0) is 23.1 Å². The molecule has 0 spiro atoms. The molecule has 0 fully saturated rings.